The van der Waals surface area contributed by atoms with Crippen LogP contribution in [0.3, 0.4) is 0 Å². The summed E-state index contributed by atoms with van der Waals surface area (Å²) in [6.45, 7) is 16.7. The van der Waals surface area contributed by atoms with Crippen LogP contribution >= 0.6 is 0 Å². The molecule has 1 aliphatic carbocycles. The predicted molar refractivity (Wildman–Crippen MR) is 73.0 cm³/mol. The lowest BCUT2D eigenvalue weighted by atomic mass is 10.1. The van der Waals surface area contributed by atoms with Gasteiger partial charge in [0, 0.05) is 12.6 Å². The Bertz CT molecular complexity index is 255. The Morgan fingerprint density at radius 2 is 1.81 bits per heavy atom. The highest BCUT2D eigenvalue weighted by molar-refractivity contribution is 6.74. The Morgan fingerprint density at radius 3 is 2.12 bits per heavy atom. The van der Waals surface area contributed by atoms with Crippen LogP contribution in [-0.4, -0.2) is 21.0 Å². The number of hydrogen-bond acceptors (Lipinski definition) is 2. The molecular formula is C13H29NOSi. The molecule has 2 atom stereocenters. The highest BCUT2D eigenvalue weighted by Gasteiger charge is 2.49. The molecule has 0 bridgehead atoms. The molecule has 2 unspecified atom stereocenters. The molecule has 16 heavy (non-hydrogen) atoms. The molecule has 0 aliphatic heterocycles. The molecular weight excluding hydrogens is 214 g/mol. The van der Waals surface area contributed by atoms with Crippen LogP contribution in [0.1, 0.15) is 41.0 Å². The Labute approximate surface area is 102 Å². The fourth-order valence-electron chi connectivity index (χ4n) is 1.88. The maximum Gasteiger partial charge on any atom is 0.192 e. The second-order valence-corrected chi connectivity index (χ2v) is 12.3. The van der Waals surface area contributed by atoms with E-state index in [0.29, 0.717) is 11.3 Å². The van der Waals surface area contributed by atoms with Crippen molar-refractivity contribution in [3.63, 3.8) is 0 Å². The predicted octanol–water partition coefficient (Wildman–Crippen LogP) is 3.38. The van der Waals surface area contributed by atoms with E-state index in [2.05, 4.69) is 47.7 Å². The zero-order valence-electron chi connectivity index (χ0n) is 12.1. The van der Waals surface area contributed by atoms with Crippen LogP contribution in [-0.2, 0) is 4.43 Å². The van der Waals surface area contributed by atoms with Gasteiger partial charge in [0.25, 0.3) is 0 Å². The van der Waals surface area contributed by atoms with Gasteiger partial charge in [-0.2, -0.15) is 0 Å². The lowest BCUT2D eigenvalue weighted by Crippen LogP contribution is -2.44. The van der Waals surface area contributed by atoms with Crippen LogP contribution in [0.5, 0.6) is 0 Å². The van der Waals surface area contributed by atoms with Gasteiger partial charge in [-0.15, -0.1) is 0 Å². The third-order valence-electron chi connectivity index (χ3n) is 4.55. The minimum absolute atomic E-state index is 0.226. The van der Waals surface area contributed by atoms with Gasteiger partial charge in [-0.3, -0.25) is 0 Å². The lowest BCUT2D eigenvalue weighted by Gasteiger charge is -2.37. The maximum atomic E-state index is 6.20. The van der Waals surface area contributed by atoms with Gasteiger partial charge in [-0.05, 0) is 35.9 Å². The van der Waals surface area contributed by atoms with Crippen molar-refractivity contribution < 1.29 is 4.43 Å². The van der Waals surface area contributed by atoms with Crippen molar-refractivity contribution in [2.45, 2.75) is 65.2 Å². The van der Waals surface area contributed by atoms with Crippen LogP contribution in [0.4, 0.5) is 0 Å². The first-order chi connectivity index (χ1) is 6.97. The normalized spacial score (nSPS) is 26.6. The molecule has 3 heteroatoms. The molecule has 1 saturated carbocycles. The summed E-state index contributed by atoms with van der Waals surface area (Å²) >= 11 is 0. The van der Waals surface area contributed by atoms with Crippen molar-refractivity contribution in [1.29, 1.82) is 0 Å². The molecule has 0 heterocycles. The largest absolute Gasteiger partial charge is 0.415 e. The van der Waals surface area contributed by atoms with Gasteiger partial charge in [0.1, 0.15) is 0 Å². The molecule has 0 amide bonds. The van der Waals surface area contributed by atoms with E-state index in [-0.39, 0.29) is 11.1 Å². The summed E-state index contributed by atoms with van der Waals surface area (Å²) in [6.07, 6.45) is 1.26. The van der Waals surface area contributed by atoms with Gasteiger partial charge >= 0.3 is 0 Å². The summed E-state index contributed by atoms with van der Waals surface area (Å²) in [6, 6.07) is 0.226. The second-order valence-electron chi connectivity index (χ2n) is 7.53. The van der Waals surface area contributed by atoms with Crippen LogP contribution in [0.25, 0.3) is 0 Å². The van der Waals surface area contributed by atoms with Crippen molar-refractivity contribution in [3.8, 4) is 0 Å². The SMILES string of the molecule is CC1(C)CC1C(N)CO[Si](C)(C)C(C)(C)C. The molecule has 0 aromatic carbocycles. The smallest absolute Gasteiger partial charge is 0.192 e. The molecule has 0 saturated heterocycles. The van der Waals surface area contributed by atoms with E-state index in [1.165, 1.54) is 6.42 Å². The standard InChI is InChI=1S/C13H29NOSi/c1-12(2,3)16(6,7)15-9-11(14)10-8-13(10,4)5/h10-11H,8-9,14H2,1-7H3. The Hall–Kier alpha value is 0.137. The Morgan fingerprint density at radius 1 is 1.38 bits per heavy atom. The monoisotopic (exact) mass is 243 g/mol. The van der Waals surface area contributed by atoms with E-state index >= 15 is 0 Å². The van der Waals surface area contributed by atoms with Crippen molar-refractivity contribution in [3.05, 3.63) is 0 Å². The van der Waals surface area contributed by atoms with Crippen molar-refractivity contribution in [2.24, 2.45) is 17.1 Å². The fourth-order valence-corrected chi connectivity index (χ4v) is 2.92. The summed E-state index contributed by atoms with van der Waals surface area (Å²) in [7, 11) is -1.61. The van der Waals surface area contributed by atoms with Gasteiger partial charge in [0.15, 0.2) is 8.32 Å². The average molecular weight is 243 g/mol. The molecule has 0 aromatic heterocycles. The van der Waals surface area contributed by atoms with E-state index in [9.17, 15) is 0 Å². The van der Waals surface area contributed by atoms with Gasteiger partial charge in [-0.1, -0.05) is 34.6 Å². The third-order valence-corrected chi connectivity index (χ3v) is 9.05. The average Bonchev–Trinajstić information content (AvgIpc) is 2.69. The van der Waals surface area contributed by atoms with Gasteiger partial charge in [0.2, 0.25) is 0 Å². The van der Waals surface area contributed by atoms with Crippen molar-refractivity contribution >= 4 is 8.32 Å². The minimum atomic E-state index is -1.61. The highest BCUT2D eigenvalue weighted by Crippen LogP contribution is 2.53. The van der Waals surface area contributed by atoms with E-state index in [1.54, 1.807) is 0 Å². The van der Waals surface area contributed by atoms with Gasteiger partial charge in [-0.25, -0.2) is 0 Å². The zero-order chi connectivity index (χ0) is 12.8. The summed E-state index contributed by atoms with van der Waals surface area (Å²) < 4.78 is 6.16. The van der Waals surface area contributed by atoms with E-state index in [4.69, 9.17) is 10.2 Å². The topological polar surface area (TPSA) is 35.2 Å². The van der Waals surface area contributed by atoms with Crippen LogP contribution < -0.4 is 5.73 Å². The minimum Gasteiger partial charge on any atom is -0.415 e. The Balaban J connectivity index is 2.41. The molecule has 0 aromatic rings. The molecule has 1 fully saturated rings. The summed E-state index contributed by atoms with van der Waals surface area (Å²) in [5.41, 5.74) is 6.66. The molecule has 0 radical (unpaired) electrons. The Kier molecular flexibility index (Phi) is 3.65. The number of nitrogens with two attached hydrogens (primary N) is 1. The lowest BCUT2D eigenvalue weighted by molar-refractivity contribution is 0.243. The number of hydrogen-bond donors (Lipinski definition) is 1. The summed E-state index contributed by atoms with van der Waals surface area (Å²) in [4.78, 5) is 0. The zero-order valence-corrected chi connectivity index (χ0v) is 13.1. The first-order valence-electron chi connectivity index (χ1n) is 6.37. The fraction of sp³-hybridized carbons (Fsp3) is 1.00. The first-order valence-corrected chi connectivity index (χ1v) is 9.28. The van der Waals surface area contributed by atoms with E-state index in [0.717, 1.165) is 6.61 Å². The van der Waals surface area contributed by atoms with Crippen LogP contribution in [0.2, 0.25) is 18.1 Å². The third kappa shape index (κ3) is 3.08. The molecule has 2 nitrogen and oxygen atoms in total. The molecule has 1 aliphatic rings. The van der Waals surface area contributed by atoms with Crippen molar-refractivity contribution in [1.82, 2.24) is 0 Å². The summed E-state index contributed by atoms with van der Waals surface area (Å²) in [5, 5.41) is 0.284. The van der Waals surface area contributed by atoms with Gasteiger partial charge < -0.3 is 10.2 Å². The van der Waals surface area contributed by atoms with E-state index in [1.807, 2.05) is 0 Å². The molecule has 0 spiro atoms. The van der Waals surface area contributed by atoms with E-state index < -0.39 is 8.32 Å². The van der Waals surface area contributed by atoms with Crippen molar-refractivity contribution in [2.75, 3.05) is 6.61 Å². The maximum absolute atomic E-state index is 6.20. The molecule has 2 N–H and O–H groups in total. The molecule has 1 rings (SSSR count). The number of rotatable bonds is 4. The van der Waals surface area contributed by atoms with Gasteiger partial charge in [0.05, 0.1) is 0 Å². The van der Waals surface area contributed by atoms with Crippen LogP contribution in [0, 0.1) is 11.3 Å². The highest BCUT2D eigenvalue weighted by atomic mass is 28.4. The molecule has 96 valence electrons. The first kappa shape index (κ1) is 14.2. The summed E-state index contributed by atoms with van der Waals surface area (Å²) in [5.74, 6) is 0.664. The quantitative estimate of drug-likeness (QED) is 0.768. The van der Waals surface area contributed by atoms with Crippen LogP contribution in [0.15, 0.2) is 0 Å². The second kappa shape index (κ2) is 4.11.